The van der Waals surface area contributed by atoms with Crippen LogP contribution in [0, 0.1) is 0 Å². The van der Waals surface area contributed by atoms with Crippen molar-refractivity contribution in [3.63, 3.8) is 0 Å². The predicted octanol–water partition coefficient (Wildman–Crippen LogP) is 5.65. The molecule has 0 bridgehead atoms. The molecule has 0 aliphatic carbocycles. The summed E-state index contributed by atoms with van der Waals surface area (Å²) in [5.74, 6) is 0.298. The van der Waals surface area contributed by atoms with Gasteiger partial charge in [0.05, 0.1) is 24.4 Å². The maximum atomic E-state index is 13.6. The third-order valence-corrected chi connectivity index (χ3v) is 8.32. The van der Waals surface area contributed by atoms with Crippen LogP contribution in [0.3, 0.4) is 0 Å². The molecule has 0 saturated heterocycles. The minimum atomic E-state index is -4.08. The zero-order valence-electron chi connectivity index (χ0n) is 19.2. The number of furan rings is 1. The van der Waals surface area contributed by atoms with Crippen LogP contribution in [0.25, 0.3) is 0 Å². The van der Waals surface area contributed by atoms with E-state index in [0.29, 0.717) is 25.1 Å². The third kappa shape index (κ3) is 6.63. The second-order valence-electron chi connectivity index (χ2n) is 8.01. The molecule has 9 heteroatoms. The normalized spacial score (nSPS) is 12.6. The summed E-state index contributed by atoms with van der Waals surface area (Å²) in [6, 6.07) is 17.2. The highest BCUT2D eigenvalue weighted by Gasteiger charge is 2.33. The average Bonchev–Trinajstić information content (AvgIpc) is 3.34. The van der Waals surface area contributed by atoms with Gasteiger partial charge in [0.2, 0.25) is 15.9 Å². The lowest BCUT2D eigenvalue weighted by Gasteiger charge is -2.30. The van der Waals surface area contributed by atoms with Crippen molar-refractivity contribution in [2.24, 2.45) is 0 Å². The summed E-state index contributed by atoms with van der Waals surface area (Å²) in [7, 11) is -4.08. The van der Waals surface area contributed by atoms with Gasteiger partial charge in [-0.05, 0) is 55.7 Å². The average molecular weight is 523 g/mol. The molecule has 2 aromatic carbocycles. The molecular formula is C25H28Cl2N2O4S. The lowest BCUT2D eigenvalue weighted by molar-refractivity contribution is -0.132. The lowest BCUT2D eigenvalue weighted by Crippen LogP contribution is -2.46. The predicted molar refractivity (Wildman–Crippen MR) is 134 cm³/mol. The molecule has 0 saturated carbocycles. The van der Waals surface area contributed by atoms with E-state index in [1.807, 2.05) is 37.3 Å². The summed E-state index contributed by atoms with van der Waals surface area (Å²) in [4.78, 5) is 15.0. The van der Waals surface area contributed by atoms with Crippen LogP contribution in [0.1, 0.15) is 31.6 Å². The van der Waals surface area contributed by atoms with Crippen LogP contribution in [-0.2, 0) is 27.8 Å². The standard InChI is InChI=1S/C25H28Cl2N2O4S/c1-3-19(2)29(34(31,32)24-16-21(26)11-12-23(24)27)18-25(30)28(17-22-10-7-15-33-22)14-13-20-8-5-4-6-9-20/h4-12,15-16,19H,3,13-14,17-18H2,1-2H3/t19-/m0/s1. The third-order valence-electron chi connectivity index (χ3n) is 5.65. The Morgan fingerprint density at radius 3 is 2.44 bits per heavy atom. The highest BCUT2D eigenvalue weighted by atomic mass is 35.5. The van der Waals surface area contributed by atoms with Crippen LogP contribution in [0.2, 0.25) is 10.0 Å². The summed E-state index contributed by atoms with van der Waals surface area (Å²) in [6.45, 7) is 3.97. The van der Waals surface area contributed by atoms with E-state index in [0.717, 1.165) is 5.56 Å². The molecule has 1 amide bonds. The zero-order chi connectivity index (χ0) is 24.7. The van der Waals surface area contributed by atoms with Crippen LogP contribution < -0.4 is 0 Å². The fraction of sp³-hybridized carbons (Fsp3) is 0.320. The molecule has 34 heavy (non-hydrogen) atoms. The van der Waals surface area contributed by atoms with Gasteiger partial charge in [-0.25, -0.2) is 8.42 Å². The number of hydrogen-bond acceptors (Lipinski definition) is 4. The van der Waals surface area contributed by atoms with Gasteiger partial charge in [-0.15, -0.1) is 0 Å². The second-order valence-corrected chi connectivity index (χ2v) is 10.7. The molecule has 0 aliphatic rings. The van der Waals surface area contributed by atoms with Gasteiger partial charge < -0.3 is 9.32 Å². The number of rotatable bonds is 11. The van der Waals surface area contributed by atoms with E-state index in [1.165, 1.54) is 22.5 Å². The second kappa shape index (κ2) is 11.9. The van der Waals surface area contributed by atoms with Crippen LogP contribution in [0.5, 0.6) is 0 Å². The number of sulfonamides is 1. The first kappa shape index (κ1) is 26.3. The van der Waals surface area contributed by atoms with Crippen molar-refractivity contribution in [1.82, 2.24) is 9.21 Å². The number of hydrogen-bond donors (Lipinski definition) is 0. The molecule has 3 rings (SSSR count). The Kier molecular flexibility index (Phi) is 9.19. The zero-order valence-corrected chi connectivity index (χ0v) is 21.5. The van der Waals surface area contributed by atoms with Crippen molar-refractivity contribution in [1.29, 1.82) is 0 Å². The van der Waals surface area contributed by atoms with Gasteiger partial charge in [0.1, 0.15) is 10.7 Å². The van der Waals surface area contributed by atoms with Gasteiger partial charge in [0, 0.05) is 17.6 Å². The molecule has 0 unspecified atom stereocenters. The Labute approximate surface area is 211 Å². The SMILES string of the molecule is CC[C@H](C)N(CC(=O)N(CCc1ccccc1)Cc1ccco1)S(=O)(=O)c1cc(Cl)ccc1Cl. The van der Waals surface area contributed by atoms with E-state index in [-0.39, 0.29) is 33.9 Å². The maximum Gasteiger partial charge on any atom is 0.245 e. The Morgan fingerprint density at radius 2 is 1.79 bits per heavy atom. The minimum Gasteiger partial charge on any atom is -0.467 e. The van der Waals surface area contributed by atoms with Crippen molar-refractivity contribution in [2.45, 2.75) is 44.2 Å². The molecule has 1 heterocycles. The van der Waals surface area contributed by atoms with E-state index in [2.05, 4.69) is 0 Å². The van der Waals surface area contributed by atoms with E-state index in [9.17, 15) is 13.2 Å². The van der Waals surface area contributed by atoms with Crippen LogP contribution in [0.4, 0.5) is 0 Å². The molecule has 1 aromatic heterocycles. The Bertz CT molecular complexity index is 1180. The minimum absolute atomic E-state index is 0.0571. The molecular weight excluding hydrogens is 495 g/mol. The maximum absolute atomic E-state index is 13.6. The van der Waals surface area contributed by atoms with Crippen LogP contribution in [0.15, 0.2) is 76.2 Å². The van der Waals surface area contributed by atoms with E-state index in [4.69, 9.17) is 27.6 Å². The Hall–Kier alpha value is -2.32. The first-order chi connectivity index (χ1) is 16.2. The highest BCUT2D eigenvalue weighted by molar-refractivity contribution is 7.89. The van der Waals surface area contributed by atoms with Crippen molar-refractivity contribution >= 4 is 39.1 Å². The van der Waals surface area contributed by atoms with E-state index >= 15 is 0 Å². The molecule has 6 nitrogen and oxygen atoms in total. The molecule has 0 fully saturated rings. The van der Waals surface area contributed by atoms with Gasteiger partial charge in [0.25, 0.3) is 0 Å². The smallest absolute Gasteiger partial charge is 0.245 e. The topological polar surface area (TPSA) is 70.8 Å². The first-order valence-corrected chi connectivity index (χ1v) is 13.2. The monoisotopic (exact) mass is 522 g/mol. The largest absolute Gasteiger partial charge is 0.467 e. The van der Waals surface area contributed by atoms with Crippen molar-refractivity contribution in [3.05, 3.63) is 88.3 Å². The van der Waals surface area contributed by atoms with Gasteiger partial charge in [-0.2, -0.15) is 4.31 Å². The molecule has 0 N–H and O–H groups in total. The van der Waals surface area contributed by atoms with Gasteiger partial charge in [0.15, 0.2) is 0 Å². The molecule has 3 aromatic rings. The fourth-order valence-corrected chi connectivity index (χ4v) is 5.90. The molecule has 0 spiro atoms. The molecule has 1 atom stereocenters. The summed E-state index contributed by atoms with van der Waals surface area (Å²) in [6.07, 6.45) is 2.70. The van der Waals surface area contributed by atoms with E-state index < -0.39 is 16.1 Å². The van der Waals surface area contributed by atoms with Crippen LogP contribution >= 0.6 is 23.2 Å². The first-order valence-electron chi connectivity index (χ1n) is 11.0. The van der Waals surface area contributed by atoms with Gasteiger partial charge in [-0.1, -0.05) is 60.5 Å². The number of nitrogens with zero attached hydrogens (tertiary/aromatic N) is 2. The molecule has 0 radical (unpaired) electrons. The highest BCUT2D eigenvalue weighted by Crippen LogP contribution is 2.29. The summed E-state index contributed by atoms with van der Waals surface area (Å²) in [5, 5.41) is 0.308. The molecule has 0 aliphatic heterocycles. The lowest BCUT2D eigenvalue weighted by atomic mass is 10.1. The summed E-state index contributed by atoms with van der Waals surface area (Å²) >= 11 is 12.3. The summed E-state index contributed by atoms with van der Waals surface area (Å²) in [5.41, 5.74) is 1.08. The number of halogens is 2. The van der Waals surface area contributed by atoms with Crippen molar-refractivity contribution < 1.29 is 17.6 Å². The Balaban J connectivity index is 1.87. The number of carbonyl (C=O) groups excluding carboxylic acids is 1. The van der Waals surface area contributed by atoms with Crippen LogP contribution in [-0.4, -0.2) is 42.7 Å². The number of benzene rings is 2. The summed E-state index contributed by atoms with van der Waals surface area (Å²) < 4.78 is 33.8. The van der Waals surface area contributed by atoms with E-state index in [1.54, 1.807) is 30.2 Å². The van der Waals surface area contributed by atoms with Gasteiger partial charge in [-0.3, -0.25) is 4.79 Å². The number of carbonyl (C=O) groups is 1. The molecule has 182 valence electrons. The quantitative estimate of drug-likeness (QED) is 0.326. The van der Waals surface area contributed by atoms with Crippen molar-refractivity contribution in [2.75, 3.05) is 13.1 Å². The Morgan fingerprint density at radius 1 is 1.06 bits per heavy atom. The number of amides is 1. The van der Waals surface area contributed by atoms with Gasteiger partial charge >= 0.3 is 0 Å². The fourth-order valence-electron chi connectivity index (χ4n) is 3.51. The van der Waals surface area contributed by atoms with Crippen molar-refractivity contribution in [3.8, 4) is 0 Å².